The van der Waals surface area contributed by atoms with Crippen molar-refractivity contribution in [3.8, 4) is 0 Å². The van der Waals surface area contributed by atoms with E-state index in [0.717, 1.165) is 5.69 Å². The Morgan fingerprint density at radius 1 is 1.00 bits per heavy atom. The smallest absolute Gasteiger partial charge is 0.0835 e. The van der Waals surface area contributed by atoms with Crippen LogP contribution in [0.3, 0.4) is 0 Å². The van der Waals surface area contributed by atoms with Crippen molar-refractivity contribution in [1.29, 1.82) is 5.41 Å². The topological polar surface area (TPSA) is 35.9 Å². The van der Waals surface area contributed by atoms with Crippen LogP contribution in [0.15, 0.2) is 18.2 Å². The standard InChI is InChI=1S/C15H24N2/c1-14(2,3)11-7-8-12(15(4,5)6)13(9-11)17-10-16/h7-10H,1-6H3,(H2,16,17). The minimum Gasteiger partial charge on any atom is -0.347 e. The second kappa shape index (κ2) is 4.52. The Bertz CT molecular complexity index is 406. The maximum Gasteiger partial charge on any atom is 0.0835 e. The van der Waals surface area contributed by atoms with Crippen LogP contribution in [0.4, 0.5) is 5.69 Å². The van der Waals surface area contributed by atoms with E-state index < -0.39 is 0 Å². The molecule has 0 aromatic heterocycles. The van der Waals surface area contributed by atoms with E-state index in [-0.39, 0.29) is 10.8 Å². The number of hydrogen-bond acceptors (Lipinski definition) is 1. The Morgan fingerprint density at radius 3 is 2.00 bits per heavy atom. The molecule has 94 valence electrons. The van der Waals surface area contributed by atoms with E-state index in [9.17, 15) is 0 Å². The van der Waals surface area contributed by atoms with Gasteiger partial charge in [0.25, 0.3) is 0 Å². The highest BCUT2D eigenvalue weighted by Gasteiger charge is 2.21. The molecule has 1 aromatic carbocycles. The van der Waals surface area contributed by atoms with E-state index in [1.165, 1.54) is 17.5 Å². The molecule has 2 N–H and O–H groups in total. The summed E-state index contributed by atoms with van der Waals surface area (Å²) in [5.41, 5.74) is 3.79. The number of benzene rings is 1. The summed E-state index contributed by atoms with van der Waals surface area (Å²) in [5, 5.41) is 10.3. The maximum absolute atomic E-state index is 7.23. The van der Waals surface area contributed by atoms with Gasteiger partial charge in [-0.1, -0.05) is 53.7 Å². The molecule has 17 heavy (non-hydrogen) atoms. The van der Waals surface area contributed by atoms with Gasteiger partial charge in [0, 0.05) is 5.69 Å². The molecule has 2 heteroatoms. The van der Waals surface area contributed by atoms with Gasteiger partial charge in [0.1, 0.15) is 0 Å². The van der Waals surface area contributed by atoms with Crippen LogP contribution in [0, 0.1) is 5.41 Å². The molecule has 0 radical (unpaired) electrons. The van der Waals surface area contributed by atoms with E-state index in [0.29, 0.717) is 0 Å². The van der Waals surface area contributed by atoms with Crippen LogP contribution in [-0.2, 0) is 10.8 Å². The molecule has 0 unspecified atom stereocenters. The monoisotopic (exact) mass is 232 g/mol. The molecule has 0 heterocycles. The first kappa shape index (κ1) is 13.8. The first-order valence-electron chi connectivity index (χ1n) is 6.07. The lowest BCUT2D eigenvalue weighted by molar-refractivity contribution is 0.579. The van der Waals surface area contributed by atoms with Gasteiger partial charge in [-0.25, -0.2) is 0 Å². The molecule has 0 aliphatic carbocycles. The van der Waals surface area contributed by atoms with Gasteiger partial charge < -0.3 is 5.32 Å². The van der Waals surface area contributed by atoms with Crippen molar-refractivity contribution in [2.24, 2.45) is 0 Å². The van der Waals surface area contributed by atoms with Crippen LogP contribution >= 0.6 is 0 Å². The summed E-state index contributed by atoms with van der Waals surface area (Å²) >= 11 is 0. The van der Waals surface area contributed by atoms with Gasteiger partial charge >= 0.3 is 0 Å². The zero-order valence-corrected chi connectivity index (χ0v) is 11.8. The fourth-order valence-electron chi connectivity index (χ4n) is 1.86. The largest absolute Gasteiger partial charge is 0.347 e. The summed E-state index contributed by atoms with van der Waals surface area (Å²) in [6, 6.07) is 6.52. The second-order valence-electron chi connectivity index (χ2n) is 6.55. The molecule has 0 spiro atoms. The summed E-state index contributed by atoms with van der Waals surface area (Å²) in [4.78, 5) is 0. The Balaban J connectivity index is 3.32. The van der Waals surface area contributed by atoms with Gasteiger partial charge in [-0.3, -0.25) is 5.41 Å². The molecule has 0 amide bonds. The molecule has 1 aromatic rings. The Labute approximate surface area is 105 Å². The van der Waals surface area contributed by atoms with Crippen LogP contribution < -0.4 is 5.32 Å². The number of hydrogen-bond donors (Lipinski definition) is 2. The van der Waals surface area contributed by atoms with E-state index in [1.54, 1.807) is 0 Å². The highest BCUT2D eigenvalue weighted by Crippen LogP contribution is 2.33. The molecule has 0 atom stereocenters. The third kappa shape index (κ3) is 3.32. The fraction of sp³-hybridized carbons (Fsp3) is 0.533. The minimum atomic E-state index is 0.0851. The van der Waals surface area contributed by atoms with Gasteiger partial charge in [0.2, 0.25) is 0 Å². The zero-order valence-electron chi connectivity index (χ0n) is 11.8. The summed E-state index contributed by atoms with van der Waals surface area (Å²) in [6.45, 7) is 13.2. The van der Waals surface area contributed by atoms with Crippen molar-refractivity contribution in [3.63, 3.8) is 0 Å². The van der Waals surface area contributed by atoms with Gasteiger partial charge in [0.05, 0.1) is 6.34 Å². The molecule has 0 fully saturated rings. The predicted molar refractivity (Wildman–Crippen MR) is 76.2 cm³/mol. The fourth-order valence-corrected chi connectivity index (χ4v) is 1.86. The van der Waals surface area contributed by atoms with Crippen molar-refractivity contribution < 1.29 is 0 Å². The van der Waals surface area contributed by atoms with Gasteiger partial charge in [-0.05, 0) is 28.0 Å². The maximum atomic E-state index is 7.23. The molecule has 1 rings (SSSR count). The van der Waals surface area contributed by atoms with Crippen LogP contribution in [0.25, 0.3) is 0 Å². The summed E-state index contributed by atoms with van der Waals surface area (Å²) in [5.74, 6) is 0. The molecule has 0 aliphatic rings. The third-order valence-electron chi connectivity index (χ3n) is 2.92. The normalized spacial score (nSPS) is 12.4. The average molecular weight is 232 g/mol. The molecule has 0 aliphatic heterocycles. The third-order valence-corrected chi connectivity index (χ3v) is 2.92. The number of anilines is 1. The van der Waals surface area contributed by atoms with Gasteiger partial charge in [0.15, 0.2) is 0 Å². The van der Waals surface area contributed by atoms with E-state index >= 15 is 0 Å². The van der Waals surface area contributed by atoms with Crippen molar-refractivity contribution in [2.45, 2.75) is 52.4 Å². The second-order valence-corrected chi connectivity index (χ2v) is 6.55. The summed E-state index contributed by atoms with van der Waals surface area (Å²) < 4.78 is 0. The predicted octanol–water partition coefficient (Wildman–Crippen LogP) is 4.30. The van der Waals surface area contributed by atoms with E-state index in [1.807, 2.05) is 0 Å². The zero-order chi connectivity index (χ0) is 13.3. The highest BCUT2D eigenvalue weighted by atomic mass is 14.9. The first-order valence-corrected chi connectivity index (χ1v) is 6.07. The highest BCUT2D eigenvalue weighted by molar-refractivity contribution is 5.76. The SMILES string of the molecule is CC(C)(C)c1ccc(C(C)(C)C)c(NC=N)c1. The average Bonchev–Trinajstić information content (AvgIpc) is 2.15. The lowest BCUT2D eigenvalue weighted by Crippen LogP contribution is -2.17. The van der Waals surface area contributed by atoms with Crippen LogP contribution in [0.2, 0.25) is 0 Å². The van der Waals surface area contributed by atoms with Gasteiger partial charge in [-0.2, -0.15) is 0 Å². The molecular weight excluding hydrogens is 208 g/mol. The molecule has 0 bridgehead atoms. The minimum absolute atomic E-state index is 0.0851. The lowest BCUT2D eigenvalue weighted by Gasteiger charge is -2.26. The van der Waals surface area contributed by atoms with Gasteiger partial charge in [-0.15, -0.1) is 0 Å². The van der Waals surface area contributed by atoms with Crippen molar-refractivity contribution in [1.82, 2.24) is 0 Å². The Morgan fingerprint density at radius 2 is 1.59 bits per heavy atom. The molecule has 2 nitrogen and oxygen atoms in total. The van der Waals surface area contributed by atoms with Crippen LogP contribution in [0.1, 0.15) is 52.7 Å². The number of rotatable bonds is 2. The molecular formula is C15H24N2. The number of nitrogens with one attached hydrogen (secondary N) is 2. The van der Waals surface area contributed by atoms with Crippen molar-refractivity contribution >= 4 is 12.0 Å². The Kier molecular flexibility index (Phi) is 3.65. The van der Waals surface area contributed by atoms with Crippen LogP contribution in [-0.4, -0.2) is 6.34 Å². The van der Waals surface area contributed by atoms with E-state index in [2.05, 4.69) is 65.1 Å². The summed E-state index contributed by atoms with van der Waals surface area (Å²) in [7, 11) is 0. The first-order chi connectivity index (χ1) is 7.66. The van der Waals surface area contributed by atoms with Crippen molar-refractivity contribution in [2.75, 3.05) is 5.32 Å². The molecule has 0 saturated heterocycles. The van der Waals surface area contributed by atoms with Crippen molar-refractivity contribution in [3.05, 3.63) is 29.3 Å². The lowest BCUT2D eigenvalue weighted by atomic mass is 9.81. The summed E-state index contributed by atoms with van der Waals surface area (Å²) in [6.07, 6.45) is 1.25. The van der Waals surface area contributed by atoms with E-state index in [4.69, 9.17) is 5.41 Å². The van der Waals surface area contributed by atoms with Crippen LogP contribution in [0.5, 0.6) is 0 Å². The molecule has 0 saturated carbocycles. The Hall–Kier alpha value is -1.31. The quantitative estimate of drug-likeness (QED) is 0.579.